The van der Waals surface area contributed by atoms with E-state index >= 15 is 0 Å². The average molecular weight is 250 g/mol. The maximum atomic E-state index is 11.6. The highest BCUT2D eigenvalue weighted by Gasteiger charge is 2.23. The first-order valence-corrected chi connectivity index (χ1v) is 6.75. The van der Waals surface area contributed by atoms with E-state index < -0.39 is 0 Å². The molecule has 1 aromatic heterocycles. The number of hydrogen-bond acceptors (Lipinski definition) is 4. The van der Waals surface area contributed by atoms with Gasteiger partial charge in [-0.25, -0.2) is 4.98 Å². The summed E-state index contributed by atoms with van der Waals surface area (Å²) in [7, 11) is 0. The molecule has 100 valence electrons. The summed E-state index contributed by atoms with van der Waals surface area (Å²) < 4.78 is 0. The second-order valence-corrected chi connectivity index (χ2v) is 4.96. The number of anilines is 1. The molecule has 0 radical (unpaired) electrons. The Morgan fingerprint density at radius 1 is 1.50 bits per heavy atom. The molecule has 5 heteroatoms. The van der Waals surface area contributed by atoms with Crippen LogP contribution in [0.5, 0.6) is 0 Å². The number of hydrogen-bond donors (Lipinski definition) is 2. The van der Waals surface area contributed by atoms with E-state index in [1.54, 1.807) is 6.07 Å². The first kappa shape index (κ1) is 13.1. The normalized spacial score (nSPS) is 16.1. The Labute approximate surface area is 107 Å². The van der Waals surface area contributed by atoms with Gasteiger partial charge in [-0.05, 0) is 32.7 Å². The largest absolute Gasteiger partial charge is 0.353 e. The molecule has 0 aromatic carbocycles. The maximum Gasteiger partial charge on any atom is 0.252 e. The minimum atomic E-state index is -0.0757. The standard InChI is InChI=1S/C13H22N4O/c1-10-15-12(9-13(18)16-10)17(8-4-7-14)11-5-2-3-6-11/h9,11H,2-8,14H2,1H3,(H,15,16,18). The zero-order chi connectivity index (χ0) is 13.0. The molecule has 0 saturated heterocycles. The smallest absolute Gasteiger partial charge is 0.252 e. The SMILES string of the molecule is Cc1nc(N(CCCN)C2CCCC2)cc(=O)[nH]1. The quantitative estimate of drug-likeness (QED) is 0.822. The van der Waals surface area contributed by atoms with E-state index in [2.05, 4.69) is 14.9 Å². The van der Waals surface area contributed by atoms with E-state index in [1.165, 1.54) is 25.7 Å². The molecule has 0 spiro atoms. The molecule has 5 nitrogen and oxygen atoms in total. The highest BCUT2D eigenvalue weighted by molar-refractivity contribution is 5.39. The average Bonchev–Trinajstić information content (AvgIpc) is 2.82. The lowest BCUT2D eigenvalue weighted by Gasteiger charge is -2.30. The summed E-state index contributed by atoms with van der Waals surface area (Å²) in [5, 5.41) is 0. The second kappa shape index (κ2) is 6.00. The molecule has 18 heavy (non-hydrogen) atoms. The van der Waals surface area contributed by atoms with Gasteiger partial charge in [-0.1, -0.05) is 12.8 Å². The highest BCUT2D eigenvalue weighted by Crippen LogP contribution is 2.26. The number of nitrogens with zero attached hydrogens (tertiary/aromatic N) is 2. The molecular weight excluding hydrogens is 228 g/mol. The Bertz CT molecular complexity index is 437. The van der Waals surface area contributed by atoms with Gasteiger partial charge < -0.3 is 15.6 Å². The predicted octanol–water partition coefficient (Wildman–Crippen LogP) is 1.18. The Balaban J connectivity index is 2.23. The van der Waals surface area contributed by atoms with Crippen LogP contribution in [0.2, 0.25) is 0 Å². The lowest BCUT2D eigenvalue weighted by Crippen LogP contribution is -2.36. The van der Waals surface area contributed by atoms with Crippen LogP contribution in [0.1, 0.15) is 37.9 Å². The third-order valence-corrected chi connectivity index (χ3v) is 3.51. The number of aryl methyl sites for hydroxylation is 1. The van der Waals surface area contributed by atoms with Crippen molar-refractivity contribution >= 4 is 5.82 Å². The molecule has 1 saturated carbocycles. The van der Waals surface area contributed by atoms with Gasteiger partial charge in [0.2, 0.25) is 0 Å². The molecule has 3 N–H and O–H groups in total. The van der Waals surface area contributed by atoms with Gasteiger partial charge in [0.05, 0.1) is 0 Å². The van der Waals surface area contributed by atoms with Crippen LogP contribution in [0.25, 0.3) is 0 Å². The van der Waals surface area contributed by atoms with Crippen molar-refractivity contribution in [3.05, 3.63) is 22.2 Å². The fraction of sp³-hybridized carbons (Fsp3) is 0.692. The summed E-state index contributed by atoms with van der Waals surface area (Å²) in [5.74, 6) is 1.48. The molecular formula is C13H22N4O. The molecule has 1 fully saturated rings. The summed E-state index contributed by atoms with van der Waals surface area (Å²) in [5.41, 5.74) is 5.52. The minimum absolute atomic E-state index is 0.0757. The van der Waals surface area contributed by atoms with Crippen LogP contribution < -0.4 is 16.2 Å². The van der Waals surface area contributed by atoms with E-state index in [0.29, 0.717) is 18.4 Å². The number of aromatic amines is 1. The van der Waals surface area contributed by atoms with Crippen LogP contribution >= 0.6 is 0 Å². The van der Waals surface area contributed by atoms with Crippen molar-refractivity contribution in [2.45, 2.75) is 45.1 Å². The van der Waals surface area contributed by atoms with Crippen LogP contribution in [-0.2, 0) is 0 Å². The Kier molecular flexibility index (Phi) is 4.36. The summed E-state index contributed by atoms with van der Waals surface area (Å²) in [4.78, 5) is 21.0. The van der Waals surface area contributed by atoms with E-state index in [4.69, 9.17) is 5.73 Å². The molecule has 1 aromatic rings. The molecule has 1 aliphatic carbocycles. The van der Waals surface area contributed by atoms with E-state index in [-0.39, 0.29) is 5.56 Å². The molecule has 1 aliphatic rings. The predicted molar refractivity (Wildman–Crippen MR) is 72.9 cm³/mol. The monoisotopic (exact) mass is 250 g/mol. The summed E-state index contributed by atoms with van der Waals surface area (Å²) in [6.07, 6.45) is 5.86. The van der Waals surface area contributed by atoms with Gasteiger partial charge >= 0.3 is 0 Å². The van der Waals surface area contributed by atoms with Crippen LogP contribution in [-0.4, -0.2) is 29.1 Å². The van der Waals surface area contributed by atoms with Crippen LogP contribution in [0.4, 0.5) is 5.82 Å². The van der Waals surface area contributed by atoms with Gasteiger partial charge in [-0.2, -0.15) is 0 Å². The Morgan fingerprint density at radius 2 is 2.22 bits per heavy atom. The van der Waals surface area contributed by atoms with Gasteiger partial charge in [-0.3, -0.25) is 4.79 Å². The third-order valence-electron chi connectivity index (χ3n) is 3.51. The van der Waals surface area contributed by atoms with Crippen molar-refractivity contribution in [2.24, 2.45) is 5.73 Å². The number of rotatable bonds is 5. The van der Waals surface area contributed by atoms with Gasteiger partial charge in [0.1, 0.15) is 11.6 Å². The summed E-state index contributed by atoms with van der Waals surface area (Å²) in [6.45, 7) is 3.38. The first-order valence-electron chi connectivity index (χ1n) is 6.75. The molecule has 0 unspecified atom stereocenters. The number of nitrogens with one attached hydrogen (secondary N) is 1. The highest BCUT2D eigenvalue weighted by atomic mass is 16.1. The lowest BCUT2D eigenvalue weighted by molar-refractivity contribution is 0.585. The molecule has 0 amide bonds. The van der Waals surface area contributed by atoms with E-state index in [1.807, 2.05) is 6.92 Å². The van der Waals surface area contributed by atoms with Crippen molar-refractivity contribution in [1.82, 2.24) is 9.97 Å². The lowest BCUT2D eigenvalue weighted by atomic mass is 10.2. The van der Waals surface area contributed by atoms with Gasteiger partial charge in [-0.15, -0.1) is 0 Å². The summed E-state index contributed by atoms with van der Waals surface area (Å²) in [6, 6.07) is 2.12. The molecule has 0 aliphatic heterocycles. The number of nitrogens with two attached hydrogens (primary N) is 1. The molecule has 0 atom stereocenters. The van der Waals surface area contributed by atoms with Gasteiger partial charge in [0.25, 0.3) is 5.56 Å². The van der Waals surface area contributed by atoms with E-state index in [9.17, 15) is 4.79 Å². The molecule has 1 heterocycles. The first-order chi connectivity index (χ1) is 8.70. The van der Waals surface area contributed by atoms with Gasteiger partial charge in [0.15, 0.2) is 0 Å². The van der Waals surface area contributed by atoms with Crippen molar-refractivity contribution in [3.8, 4) is 0 Å². The number of H-pyrrole nitrogens is 1. The maximum absolute atomic E-state index is 11.6. The fourth-order valence-corrected chi connectivity index (χ4v) is 2.67. The molecule has 0 bridgehead atoms. The number of aromatic nitrogens is 2. The van der Waals surface area contributed by atoms with Crippen molar-refractivity contribution in [3.63, 3.8) is 0 Å². The Morgan fingerprint density at radius 3 is 2.83 bits per heavy atom. The summed E-state index contributed by atoms with van der Waals surface area (Å²) >= 11 is 0. The van der Waals surface area contributed by atoms with Crippen LogP contribution in [0.3, 0.4) is 0 Å². The third kappa shape index (κ3) is 3.10. The van der Waals surface area contributed by atoms with Crippen molar-refractivity contribution in [1.29, 1.82) is 0 Å². The zero-order valence-electron chi connectivity index (χ0n) is 11.0. The van der Waals surface area contributed by atoms with Crippen LogP contribution in [0, 0.1) is 6.92 Å². The zero-order valence-corrected chi connectivity index (χ0v) is 11.0. The van der Waals surface area contributed by atoms with E-state index in [0.717, 1.165) is 18.8 Å². The topological polar surface area (TPSA) is 75.0 Å². The molecule has 2 rings (SSSR count). The van der Waals surface area contributed by atoms with Crippen molar-refractivity contribution in [2.75, 3.05) is 18.0 Å². The van der Waals surface area contributed by atoms with Gasteiger partial charge in [0, 0.05) is 18.7 Å². The fourth-order valence-electron chi connectivity index (χ4n) is 2.67. The van der Waals surface area contributed by atoms with Crippen LogP contribution in [0.15, 0.2) is 10.9 Å². The Hall–Kier alpha value is -1.36. The second-order valence-electron chi connectivity index (χ2n) is 4.96. The minimum Gasteiger partial charge on any atom is -0.353 e. The van der Waals surface area contributed by atoms with Crippen molar-refractivity contribution < 1.29 is 0 Å².